The summed E-state index contributed by atoms with van der Waals surface area (Å²) in [7, 11) is 1.47. The number of anilines is 1. The summed E-state index contributed by atoms with van der Waals surface area (Å²) < 4.78 is 24.0. The highest BCUT2D eigenvalue weighted by Gasteiger charge is 2.50. The molecule has 1 fully saturated rings. The molecule has 4 aliphatic heterocycles. The number of aromatic hydroxyl groups is 2. The zero-order valence-electron chi connectivity index (χ0n) is 46.4. The number of phenols is 2. The summed E-state index contributed by atoms with van der Waals surface area (Å²) in [5.41, 5.74) is -0.572. The number of likely N-dealkylation sites (tertiary alicyclic amines) is 1. The predicted octanol–water partition coefficient (Wildman–Crippen LogP) is 4.46. The maximum atomic E-state index is 14.7. The normalized spacial score (nSPS) is 29.4. The van der Waals surface area contributed by atoms with Crippen LogP contribution in [0.3, 0.4) is 0 Å². The van der Waals surface area contributed by atoms with Gasteiger partial charge in [-0.1, -0.05) is 73.6 Å². The molecule has 0 radical (unpaired) electrons. The van der Waals surface area contributed by atoms with E-state index in [1.165, 1.54) is 27.2 Å². The van der Waals surface area contributed by atoms with Crippen LogP contribution < -0.4 is 31.4 Å². The van der Waals surface area contributed by atoms with Crippen LogP contribution >= 0.6 is 0 Å². The van der Waals surface area contributed by atoms with Crippen molar-refractivity contribution in [3.05, 3.63) is 58.0 Å². The molecule has 0 unspecified atom stereocenters. The molecule has 9 N–H and O–H groups in total. The average Bonchev–Trinajstić information content (AvgIpc) is 3.88. The van der Waals surface area contributed by atoms with Crippen LogP contribution in [0.2, 0.25) is 0 Å². The molecular weight excluding hydrogens is 965 g/mol. The Labute approximate surface area is 442 Å². The van der Waals surface area contributed by atoms with Crippen molar-refractivity contribution < 1.29 is 64.0 Å². The van der Waals surface area contributed by atoms with Crippen LogP contribution in [-0.4, -0.2) is 154 Å². The Kier molecular flexibility index (Phi) is 21.4. The molecule has 4 bridgehead atoms. The highest BCUT2D eigenvalue weighted by atomic mass is 16.7. The minimum absolute atomic E-state index is 0.0364. The van der Waals surface area contributed by atoms with Crippen molar-refractivity contribution >= 4 is 34.1 Å². The molecule has 19 nitrogen and oxygen atoms in total. The van der Waals surface area contributed by atoms with E-state index >= 15 is 0 Å². The van der Waals surface area contributed by atoms with Gasteiger partial charge in [-0.15, -0.1) is 0 Å². The predicted molar refractivity (Wildman–Crippen MR) is 286 cm³/mol. The molecule has 19 heteroatoms. The third-order valence-corrected chi connectivity index (χ3v) is 15.3. The van der Waals surface area contributed by atoms with Gasteiger partial charge < -0.3 is 70.4 Å². The largest absolute Gasteiger partial charge is 0.507 e. The standard InChI is InChI=1S/C46H62N4O11.C10H24N2O2/c1-22(2)21-50-18-16-46(17-19-50)48-34-31-32-39(54)28(8)42-33(31)43(56)45(10,61-42)59-20-15-30(58-11)25(5)41(60-29(9)51)27(7)38(53)26(6)37(52)23(3)13-12-14-24(4)44(57)47-36(40(32)55)35(34)49-46;1-3-9(7-13)11-5-6-12-10(4-2)8-14/h12-15,20,22-23,25-27,30,37-38,41,52-55H,16-19,21H2,1-11H3,(H,47,57);9-14H,3-8H2,1-2H3/b13-12-,20-15-,24-14+;/t23-,25+,26+,27-,30-,37-,38+,41-,45-;9-,10-/m00/s1. The number of nitrogens with one attached hydrogen (secondary N) is 3. The molecule has 2 aromatic carbocycles. The van der Waals surface area contributed by atoms with Gasteiger partial charge in [0.15, 0.2) is 11.4 Å². The fraction of sp³-hybridized carbons (Fsp3) is 0.661. The third kappa shape index (κ3) is 13.8. The highest BCUT2D eigenvalue weighted by molar-refractivity contribution is 6.19. The van der Waals surface area contributed by atoms with Crippen molar-refractivity contribution in [2.24, 2.45) is 39.6 Å². The van der Waals surface area contributed by atoms with Gasteiger partial charge in [-0.25, -0.2) is 0 Å². The first-order valence-electron chi connectivity index (χ1n) is 26.7. The number of nitrogens with zero attached hydrogens (tertiary/aromatic N) is 3. The number of benzene rings is 2. The van der Waals surface area contributed by atoms with Crippen LogP contribution in [0.25, 0.3) is 10.8 Å². The lowest BCUT2D eigenvalue weighted by atomic mass is 9.78. The van der Waals surface area contributed by atoms with E-state index in [-0.39, 0.29) is 80.7 Å². The van der Waals surface area contributed by atoms with E-state index in [0.29, 0.717) is 31.8 Å². The Morgan fingerprint density at radius 2 is 1.49 bits per heavy atom. The molecule has 0 aromatic heterocycles. The van der Waals surface area contributed by atoms with E-state index in [9.17, 15) is 34.8 Å². The van der Waals surface area contributed by atoms with Crippen LogP contribution in [0.15, 0.2) is 46.1 Å². The number of aliphatic hydroxyl groups is 4. The first kappa shape index (κ1) is 60.9. The summed E-state index contributed by atoms with van der Waals surface area (Å²) in [6, 6.07) is 0.400. The topological polar surface area (TPSA) is 274 Å². The fourth-order valence-electron chi connectivity index (χ4n) is 10.4. The maximum absolute atomic E-state index is 14.7. The number of rotatable bonds is 13. The number of hydrogen-bond acceptors (Lipinski definition) is 18. The number of ketones is 1. The number of fused-ring (bicyclic) bond motifs is 1. The number of piperidine rings is 1. The Morgan fingerprint density at radius 3 is 2.04 bits per heavy atom. The van der Waals surface area contributed by atoms with E-state index in [1.807, 2.05) is 13.8 Å². The number of allylic oxidation sites excluding steroid dienone is 2. The summed E-state index contributed by atoms with van der Waals surface area (Å²) >= 11 is 0. The van der Waals surface area contributed by atoms with Crippen molar-refractivity contribution in [3.63, 3.8) is 0 Å². The van der Waals surface area contributed by atoms with Crippen LogP contribution in [0.1, 0.15) is 118 Å². The Morgan fingerprint density at radius 1 is 0.893 bits per heavy atom. The lowest BCUT2D eigenvalue weighted by Crippen LogP contribution is -2.46. The molecule has 11 atom stereocenters. The van der Waals surface area contributed by atoms with E-state index in [1.54, 1.807) is 65.8 Å². The number of carbonyl (C=O) groups excluding carboxylic acids is 3. The molecule has 4 heterocycles. The quantitative estimate of drug-likeness (QED) is 0.0762. The number of hydrogen-bond donors (Lipinski definition) is 9. The van der Waals surface area contributed by atoms with Crippen LogP contribution in [0.4, 0.5) is 5.69 Å². The minimum Gasteiger partial charge on any atom is -0.507 e. The van der Waals surface area contributed by atoms with E-state index in [0.717, 1.165) is 32.5 Å². The first-order chi connectivity index (χ1) is 35.4. The number of ether oxygens (including phenoxy) is 4. The van der Waals surface area contributed by atoms with Gasteiger partial charge in [0.25, 0.3) is 11.7 Å². The second-order valence-corrected chi connectivity index (χ2v) is 21.4. The lowest BCUT2D eigenvalue weighted by molar-refractivity contribution is -0.160. The van der Waals surface area contributed by atoms with E-state index in [4.69, 9.17) is 39.1 Å². The van der Waals surface area contributed by atoms with Gasteiger partial charge in [-0.05, 0) is 38.7 Å². The third-order valence-electron chi connectivity index (χ3n) is 15.3. The van der Waals surface area contributed by atoms with Gasteiger partial charge >= 0.3 is 11.8 Å². The molecule has 418 valence electrons. The molecule has 4 aliphatic rings. The summed E-state index contributed by atoms with van der Waals surface area (Å²) in [6.07, 6.45) is 6.91. The van der Waals surface area contributed by atoms with Crippen LogP contribution in [0.5, 0.6) is 17.2 Å². The van der Waals surface area contributed by atoms with Gasteiger partial charge in [0.2, 0.25) is 0 Å². The molecule has 0 saturated carbocycles. The van der Waals surface area contributed by atoms with Gasteiger partial charge in [-0.2, -0.15) is 0 Å². The van der Waals surface area contributed by atoms with Gasteiger partial charge in [-0.3, -0.25) is 24.4 Å². The zero-order valence-corrected chi connectivity index (χ0v) is 46.4. The number of esters is 1. The fourth-order valence-corrected chi connectivity index (χ4v) is 10.4. The lowest BCUT2D eigenvalue weighted by Gasteiger charge is -2.38. The zero-order chi connectivity index (χ0) is 55.7. The molecular formula is C56H86N6O13. The minimum atomic E-state index is -1.96. The van der Waals surface area contributed by atoms with E-state index in [2.05, 4.69) is 34.7 Å². The summed E-state index contributed by atoms with van der Waals surface area (Å²) in [5.74, 6) is -6.44. The van der Waals surface area contributed by atoms with Gasteiger partial charge in [0.05, 0.1) is 54.1 Å². The summed E-state index contributed by atoms with van der Waals surface area (Å²) in [4.78, 5) is 53.7. The van der Waals surface area contributed by atoms with Crippen LogP contribution in [-0.2, 0) is 23.8 Å². The number of amides is 1. The van der Waals surface area contributed by atoms with Gasteiger partial charge in [0.1, 0.15) is 28.6 Å². The Balaban J connectivity index is 0.000000649. The molecule has 0 aliphatic carbocycles. The average molecular weight is 1050 g/mol. The highest BCUT2D eigenvalue weighted by Crippen LogP contribution is 2.50. The second-order valence-electron chi connectivity index (χ2n) is 21.4. The molecule has 1 spiro atoms. The summed E-state index contributed by atoms with van der Waals surface area (Å²) in [5, 5.41) is 74.4. The number of Topliss-reactive ketones (excluding diaryl/α,β-unsaturated/α-hetero) is 1. The van der Waals surface area contributed by atoms with Crippen molar-refractivity contribution in [3.8, 4) is 17.2 Å². The first-order valence-corrected chi connectivity index (χ1v) is 26.7. The summed E-state index contributed by atoms with van der Waals surface area (Å²) in [6.45, 7) is 25.6. The van der Waals surface area contributed by atoms with Crippen LogP contribution in [0, 0.1) is 36.5 Å². The van der Waals surface area contributed by atoms with Crippen molar-refractivity contribution in [2.75, 3.05) is 58.4 Å². The van der Waals surface area contributed by atoms with E-state index < -0.39 is 82.9 Å². The van der Waals surface area contributed by atoms with Gasteiger partial charge in [0, 0.05) is 119 Å². The molecule has 1 saturated heterocycles. The van der Waals surface area contributed by atoms with Crippen molar-refractivity contribution in [2.45, 2.75) is 157 Å². The monoisotopic (exact) mass is 1050 g/mol. The number of carbonyl (C=O) groups is 3. The molecule has 2 aromatic rings. The number of phenolic OH excluding ortho intramolecular Hbond substituents is 2. The van der Waals surface area contributed by atoms with Crippen molar-refractivity contribution in [1.29, 1.82) is 0 Å². The molecule has 1 amide bonds. The number of methoxy groups -OCH3 is 1. The maximum Gasteiger partial charge on any atom is 0.312 e. The number of aliphatic hydroxyl groups excluding tert-OH is 4. The molecule has 75 heavy (non-hydrogen) atoms. The van der Waals surface area contributed by atoms with Crippen molar-refractivity contribution in [1.82, 2.24) is 15.5 Å². The Bertz CT molecular complexity index is 2540. The smallest absolute Gasteiger partial charge is 0.312 e. The molecule has 6 rings (SSSR count). The second kappa shape index (κ2) is 26.4. The Hall–Kier alpha value is -4.99. The SMILES string of the molecule is CC[C@@H](CO)NCCN[C@@H](CC)CO.CO[C@H]1/C=C\O[C@@]2(C)Oc3c(C)c(O)c4c(O)c(c5c(c4c3C2=O)=NC2(CCN(CC(C)C)CC2)N=5)NC(=O)/C(C)=C/C=C\[C@H](C)[C@H](O)[C@@H](C)[C@@H](O)[C@H](C)[C@@H](OC(C)=O)[C@@H]1C.